The van der Waals surface area contributed by atoms with E-state index in [0.717, 1.165) is 52.6 Å². The maximum absolute atomic E-state index is 14.8. The predicted octanol–water partition coefficient (Wildman–Crippen LogP) is 7.75. The quantitative estimate of drug-likeness (QED) is 0.246. The number of aromatic nitrogens is 1. The number of nitrogens with one attached hydrogen (secondary N) is 1. The normalized spacial score (nSPS) is 13.3. The Balaban J connectivity index is 0.000000672. The highest BCUT2D eigenvalue weighted by Gasteiger charge is 2.23. The number of carbonyl (C=O) groups excluding carboxylic acids is 1. The number of carboxylic acid groups (broad SMARTS) is 2. The van der Waals surface area contributed by atoms with Crippen LogP contribution in [0, 0.1) is 18.7 Å². The van der Waals surface area contributed by atoms with Gasteiger partial charge in [0.15, 0.2) is 10.9 Å². The van der Waals surface area contributed by atoms with E-state index in [9.17, 15) is 9.18 Å². The third-order valence-corrected chi connectivity index (χ3v) is 6.92. The van der Waals surface area contributed by atoms with Crippen molar-refractivity contribution in [2.75, 3.05) is 5.32 Å². The summed E-state index contributed by atoms with van der Waals surface area (Å²) < 4.78 is 15.9. The van der Waals surface area contributed by atoms with Crippen molar-refractivity contribution < 1.29 is 24.2 Å². The number of aryl methyl sites for hydroxylation is 1. The lowest BCUT2D eigenvalue weighted by molar-refractivity contribution is 0.0922. The molecule has 6 nitrogen and oxygen atoms in total. The highest BCUT2D eigenvalue weighted by atomic mass is 32.1. The zero-order valence-corrected chi connectivity index (χ0v) is 19.9. The molecule has 35 heavy (non-hydrogen) atoms. The van der Waals surface area contributed by atoms with Crippen molar-refractivity contribution in [2.45, 2.75) is 32.6 Å². The molecule has 0 bridgehead atoms. The maximum atomic E-state index is 14.8. The molecule has 1 aliphatic rings. The molecule has 0 saturated heterocycles. The van der Waals surface area contributed by atoms with E-state index in [1.54, 1.807) is 6.07 Å². The molecular formula is C27H25FN2O4S. The van der Waals surface area contributed by atoms with Crippen molar-refractivity contribution in [3.05, 3.63) is 77.6 Å². The molecule has 3 aromatic carbocycles. The van der Waals surface area contributed by atoms with E-state index in [2.05, 4.69) is 16.4 Å². The Labute approximate surface area is 206 Å². The highest BCUT2D eigenvalue weighted by molar-refractivity contribution is 7.22. The average molecular weight is 493 g/mol. The van der Waals surface area contributed by atoms with Gasteiger partial charge < -0.3 is 15.5 Å². The molecule has 0 aliphatic heterocycles. The van der Waals surface area contributed by atoms with Gasteiger partial charge in [0.25, 0.3) is 0 Å². The highest BCUT2D eigenvalue weighted by Crippen LogP contribution is 2.32. The third kappa shape index (κ3) is 6.02. The first kappa shape index (κ1) is 24.3. The topological polar surface area (TPSA) is 99.5 Å². The van der Waals surface area contributed by atoms with E-state index in [-0.39, 0.29) is 17.5 Å². The lowest BCUT2D eigenvalue weighted by atomic mass is 9.94. The molecule has 1 aromatic heterocycles. The summed E-state index contributed by atoms with van der Waals surface area (Å²) in [6.07, 6.45) is 2.44. The van der Waals surface area contributed by atoms with Crippen LogP contribution in [0.2, 0.25) is 0 Å². The molecule has 5 rings (SSSR count). The SMILES string of the molecule is Cc1ccc2nc(Nc3ccc(-c4ccc(C(=O)C5CCCC5)cc4)cc3F)sc2c1.O=C(O)O. The Morgan fingerprint density at radius 2 is 1.63 bits per heavy atom. The smallest absolute Gasteiger partial charge is 0.450 e. The van der Waals surface area contributed by atoms with E-state index in [4.69, 9.17) is 15.0 Å². The van der Waals surface area contributed by atoms with Gasteiger partial charge in [-0.3, -0.25) is 4.79 Å². The molecule has 0 atom stereocenters. The van der Waals surface area contributed by atoms with E-state index in [0.29, 0.717) is 10.8 Å². The number of Topliss-reactive ketones (excluding diaryl/α,β-unsaturated/α-hetero) is 1. The molecule has 1 heterocycles. The van der Waals surface area contributed by atoms with Crippen molar-refractivity contribution in [3.8, 4) is 11.1 Å². The zero-order valence-electron chi connectivity index (χ0n) is 19.1. The standard InChI is InChI=1S/C26H23FN2OS.CH2O3/c1-16-6-12-23-24(14-16)31-26(29-23)28-22-13-11-20(15-21(22)27)17-7-9-19(10-8-17)25(30)18-4-2-3-5-18;2-1(3)4/h6-15,18H,2-5H2,1H3,(H,28,29);(H2,2,3,4). The predicted molar refractivity (Wildman–Crippen MR) is 136 cm³/mol. The lowest BCUT2D eigenvalue weighted by Gasteiger charge is -2.10. The van der Waals surface area contributed by atoms with Crippen LogP contribution < -0.4 is 5.32 Å². The van der Waals surface area contributed by atoms with Crippen LogP contribution in [-0.2, 0) is 0 Å². The molecule has 0 unspecified atom stereocenters. The molecule has 0 amide bonds. The Bertz CT molecular complexity index is 1360. The molecule has 0 spiro atoms. The number of ketones is 1. The van der Waals surface area contributed by atoms with Gasteiger partial charge in [-0.15, -0.1) is 0 Å². The fraction of sp³-hybridized carbons (Fsp3) is 0.222. The van der Waals surface area contributed by atoms with Gasteiger partial charge in [-0.1, -0.05) is 60.6 Å². The summed E-state index contributed by atoms with van der Waals surface area (Å²) in [7, 11) is 0. The number of hydrogen-bond acceptors (Lipinski definition) is 5. The summed E-state index contributed by atoms with van der Waals surface area (Å²) >= 11 is 1.51. The largest absolute Gasteiger partial charge is 0.503 e. The monoisotopic (exact) mass is 492 g/mol. The molecule has 8 heteroatoms. The van der Waals surface area contributed by atoms with Crippen LogP contribution in [0.1, 0.15) is 41.6 Å². The third-order valence-electron chi connectivity index (χ3n) is 5.98. The summed E-state index contributed by atoms with van der Waals surface area (Å²) in [5, 5.41) is 17.7. The van der Waals surface area contributed by atoms with Gasteiger partial charge >= 0.3 is 6.16 Å². The van der Waals surface area contributed by atoms with Crippen LogP contribution in [-0.4, -0.2) is 27.1 Å². The fourth-order valence-electron chi connectivity index (χ4n) is 4.25. The number of anilines is 2. The first-order valence-electron chi connectivity index (χ1n) is 11.3. The summed E-state index contributed by atoms with van der Waals surface area (Å²) in [5.41, 5.74) is 4.90. The molecule has 1 fully saturated rings. The minimum absolute atomic E-state index is 0.167. The van der Waals surface area contributed by atoms with Crippen molar-refractivity contribution in [3.63, 3.8) is 0 Å². The van der Waals surface area contributed by atoms with Gasteiger partial charge in [-0.05, 0) is 60.7 Å². The van der Waals surface area contributed by atoms with Crippen LogP contribution >= 0.6 is 11.3 Å². The second-order valence-corrected chi connectivity index (χ2v) is 9.55. The number of carbonyl (C=O) groups is 2. The maximum Gasteiger partial charge on any atom is 0.503 e. The number of nitrogens with zero attached hydrogens (tertiary/aromatic N) is 1. The Morgan fingerprint density at radius 1 is 0.971 bits per heavy atom. The fourth-order valence-corrected chi connectivity index (χ4v) is 5.22. The molecule has 1 saturated carbocycles. The van der Waals surface area contributed by atoms with Crippen LogP contribution in [0.4, 0.5) is 20.0 Å². The number of thiazole rings is 1. The number of hydrogen-bond donors (Lipinski definition) is 3. The molecule has 180 valence electrons. The number of benzene rings is 3. The summed E-state index contributed by atoms with van der Waals surface area (Å²) in [6, 6.07) is 18.8. The number of fused-ring (bicyclic) bond motifs is 1. The molecule has 0 radical (unpaired) electrons. The zero-order chi connectivity index (χ0) is 24.9. The number of halogens is 1. The van der Waals surface area contributed by atoms with Crippen LogP contribution in [0.3, 0.4) is 0 Å². The molecule has 3 N–H and O–H groups in total. The van der Waals surface area contributed by atoms with Gasteiger partial charge in [0, 0.05) is 11.5 Å². The van der Waals surface area contributed by atoms with Crippen molar-refractivity contribution in [1.82, 2.24) is 4.98 Å². The molecule has 4 aromatic rings. The van der Waals surface area contributed by atoms with Crippen molar-refractivity contribution >= 4 is 44.3 Å². The number of rotatable bonds is 5. The Kier molecular flexibility index (Phi) is 7.41. The minimum Gasteiger partial charge on any atom is -0.450 e. The van der Waals surface area contributed by atoms with E-state index in [1.165, 1.54) is 23.0 Å². The van der Waals surface area contributed by atoms with E-state index < -0.39 is 6.16 Å². The average Bonchev–Trinajstić information content (AvgIpc) is 3.49. The van der Waals surface area contributed by atoms with Gasteiger partial charge in [-0.2, -0.15) is 0 Å². The van der Waals surface area contributed by atoms with Crippen LogP contribution in [0.25, 0.3) is 21.3 Å². The Hall–Kier alpha value is -3.78. The summed E-state index contributed by atoms with van der Waals surface area (Å²) in [4.78, 5) is 25.7. The lowest BCUT2D eigenvalue weighted by Crippen LogP contribution is -2.10. The van der Waals surface area contributed by atoms with Crippen molar-refractivity contribution in [2.24, 2.45) is 5.92 Å². The minimum atomic E-state index is -1.83. The molecule has 1 aliphatic carbocycles. The van der Waals surface area contributed by atoms with Gasteiger partial charge in [0.1, 0.15) is 5.82 Å². The molecular weight excluding hydrogens is 467 g/mol. The van der Waals surface area contributed by atoms with Gasteiger partial charge in [0.2, 0.25) is 0 Å². The van der Waals surface area contributed by atoms with Crippen molar-refractivity contribution in [1.29, 1.82) is 0 Å². The first-order valence-corrected chi connectivity index (χ1v) is 12.1. The summed E-state index contributed by atoms with van der Waals surface area (Å²) in [5.74, 6) is 0.0694. The first-order chi connectivity index (χ1) is 16.8. The van der Waals surface area contributed by atoms with E-state index in [1.807, 2.05) is 49.4 Å². The van der Waals surface area contributed by atoms with E-state index >= 15 is 0 Å². The van der Waals surface area contributed by atoms with Crippen LogP contribution in [0.5, 0.6) is 0 Å². The summed E-state index contributed by atoms with van der Waals surface area (Å²) in [6.45, 7) is 2.04. The Morgan fingerprint density at radius 3 is 2.29 bits per heavy atom. The van der Waals surface area contributed by atoms with Gasteiger partial charge in [-0.25, -0.2) is 14.2 Å². The van der Waals surface area contributed by atoms with Crippen LogP contribution in [0.15, 0.2) is 60.7 Å². The second kappa shape index (κ2) is 10.7. The second-order valence-electron chi connectivity index (χ2n) is 8.52. The van der Waals surface area contributed by atoms with Gasteiger partial charge in [0.05, 0.1) is 15.9 Å².